The quantitative estimate of drug-likeness (QED) is 0.770. The molecule has 0 radical (unpaired) electrons. The lowest BCUT2D eigenvalue weighted by atomic mass is 10.4. The van der Waals surface area contributed by atoms with Crippen molar-refractivity contribution in [2.45, 2.75) is 6.92 Å². The molecule has 0 aliphatic heterocycles. The van der Waals surface area contributed by atoms with Crippen LogP contribution in [0.2, 0.25) is 0 Å². The normalized spacial score (nSPS) is 9.94. The monoisotopic (exact) mass is 288 g/mol. The zero-order valence-corrected chi connectivity index (χ0v) is 10.7. The molecule has 1 heterocycles. The third kappa shape index (κ3) is 3.34. The van der Waals surface area contributed by atoms with Gasteiger partial charge in [0.05, 0.1) is 11.9 Å². The average molecular weight is 289 g/mol. The molecule has 16 heavy (non-hydrogen) atoms. The molecule has 0 bridgehead atoms. The van der Waals surface area contributed by atoms with E-state index in [9.17, 15) is 9.59 Å². The highest BCUT2D eigenvalue weighted by molar-refractivity contribution is 9.10. The van der Waals surface area contributed by atoms with Crippen LogP contribution < -0.4 is 16.2 Å². The van der Waals surface area contributed by atoms with Gasteiger partial charge in [0.1, 0.15) is 4.47 Å². The minimum absolute atomic E-state index is 0.0806. The molecule has 0 atom stereocenters. The Morgan fingerprint density at radius 1 is 1.56 bits per heavy atom. The second-order valence-corrected chi connectivity index (χ2v) is 4.00. The third-order valence-corrected chi connectivity index (χ3v) is 2.66. The van der Waals surface area contributed by atoms with E-state index in [-0.39, 0.29) is 11.5 Å². The van der Waals surface area contributed by atoms with E-state index in [1.165, 1.54) is 11.6 Å². The highest BCUT2D eigenvalue weighted by Crippen LogP contribution is 2.14. The zero-order valence-electron chi connectivity index (χ0n) is 9.08. The molecule has 1 aromatic heterocycles. The van der Waals surface area contributed by atoms with Gasteiger partial charge in [-0.25, -0.2) is 4.68 Å². The molecule has 6 nitrogen and oxygen atoms in total. The van der Waals surface area contributed by atoms with Crippen molar-refractivity contribution in [3.63, 3.8) is 0 Å². The summed E-state index contributed by atoms with van der Waals surface area (Å²) in [5, 5.41) is 9.52. The van der Waals surface area contributed by atoms with Crippen molar-refractivity contribution >= 4 is 27.5 Å². The molecule has 0 aliphatic rings. The van der Waals surface area contributed by atoms with E-state index >= 15 is 0 Å². The Labute approximate surface area is 101 Å². The lowest BCUT2D eigenvalue weighted by Gasteiger charge is -2.08. The Morgan fingerprint density at radius 3 is 2.88 bits per heavy atom. The molecule has 0 saturated heterocycles. The van der Waals surface area contributed by atoms with Crippen LogP contribution in [0.3, 0.4) is 0 Å². The first kappa shape index (κ1) is 12.7. The number of hydrogen-bond donors (Lipinski definition) is 2. The molecule has 0 fully saturated rings. The molecular formula is C9H13BrN4O2. The first-order valence-electron chi connectivity index (χ1n) is 4.72. The second-order valence-electron chi connectivity index (χ2n) is 3.21. The van der Waals surface area contributed by atoms with Gasteiger partial charge in [0.15, 0.2) is 0 Å². The summed E-state index contributed by atoms with van der Waals surface area (Å²) >= 11 is 3.19. The number of carbonyl (C=O) groups excluding carboxylic acids is 1. The summed E-state index contributed by atoms with van der Waals surface area (Å²) in [5.74, 6) is -0.0806. The van der Waals surface area contributed by atoms with Gasteiger partial charge < -0.3 is 10.6 Å². The van der Waals surface area contributed by atoms with E-state index in [2.05, 4.69) is 31.7 Å². The molecule has 7 heteroatoms. The number of anilines is 1. The minimum atomic E-state index is -0.204. The summed E-state index contributed by atoms with van der Waals surface area (Å²) in [7, 11) is 1.58. The lowest BCUT2D eigenvalue weighted by Crippen LogP contribution is -2.27. The van der Waals surface area contributed by atoms with Crippen LogP contribution in [0.4, 0.5) is 5.69 Å². The van der Waals surface area contributed by atoms with E-state index in [0.717, 1.165) is 0 Å². The van der Waals surface area contributed by atoms with E-state index in [1.54, 1.807) is 13.2 Å². The Bertz CT molecular complexity index is 444. The van der Waals surface area contributed by atoms with Crippen LogP contribution >= 0.6 is 15.9 Å². The van der Waals surface area contributed by atoms with Gasteiger partial charge in [0.2, 0.25) is 5.91 Å². The van der Waals surface area contributed by atoms with Crippen molar-refractivity contribution in [2.24, 2.45) is 7.05 Å². The highest BCUT2D eigenvalue weighted by Gasteiger charge is 2.05. The van der Waals surface area contributed by atoms with Crippen molar-refractivity contribution in [3.8, 4) is 0 Å². The van der Waals surface area contributed by atoms with Gasteiger partial charge in [-0.3, -0.25) is 9.59 Å². The standard InChI is InChI=1S/C9H13BrN4O2/c1-6(15)11-3-4-12-7-5-13-14(2)9(16)8(7)10/h5,12H,3-4H2,1-2H3,(H,11,15). The van der Waals surface area contributed by atoms with Crippen LogP contribution in [0.15, 0.2) is 15.5 Å². The molecule has 0 saturated carbocycles. The molecular weight excluding hydrogens is 276 g/mol. The average Bonchev–Trinajstić information content (AvgIpc) is 2.23. The maximum Gasteiger partial charge on any atom is 0.282 e. The van der Waals surface area contributed by atoms with Gasteiger partial charge in [-0.1, -0.05) is 0 Å². The fourth-order valence-corrected chi connectivity index (χ4v) is 1.57. The molecule has 0 spiro atoms. The summed E-state index contributed by atoms with van der Waals surface area (Å²) in [4.78, 5) is 22.1. The van der Waals surface area contributed by atoms with E-state index in [0.29, 0.717) is 23.2 Å². The summed E-state index contributed by atoms with van der Waals surface area (Å²) in [6, 6.07) is 0. The maximum atomic E-state index is 11.5. The van der Waals surface area contributed by atoms with Gasteiger partial charge >= 0.3 is 0 Å². The van der Waals surface area contributed by atoms with Crippen molar-refractivity contribution in [3.05, 3.63) is 21.0 Å². The molecule has 0 aromatic carbocycles. The lowest BCUT2D eigenvalue weighted by molar-refractivity contribution is -0.118. The molecule has 0 unspecified atom stereocenters. The summed E-state index contributed by atoms with van der Waals surface area (Å²) in [6.45, 7) is 2.49. The van der Waals surface area contributed by atoms with Gasteiger partial charge in [-0.15, -0.1) is 0 Å². The van der Waals surface area contributed by atoms with Crippen LogP contribution in [0.25, 0.3) is 0 Å². The molecule has 1 amide bonds. The van der Waals surface area contributed by atoms with E-state index in [1.807, 2.05) is 0 Å². The predicted octanol–water partition coefficient (Wildman–Crippen LogP) is 0.0908. The molecule has 1 aromatic rings. The van der Waals surface area contributed by atoms with Crippen LogP contribution in [0.1, 0.15) is 6.92 Å². The van der Waals surface area contributed by atoms with Crippen LogP contribution in [0.5, 0.6) is 0 Å². The van der Waals surface area contributed by atoms with Crippen LogP contribution in [-0.2, 0) is 11.8 Å². The largest absolute Gasteiger partial charge is 0.381 e. The number of aryl methyl sites for hydroxylation is 1. The number of amides is 1. The fraction of sp³-hybridized carbons (Fsp3) is 0.444. The van der Waals surface area contributed by atoms with Gasteiger partial charge in [0.25, 0.3) is 5.56 Å². The van der Waals surface area contributed by atoms with Crippen LogP contribution in [-0.4, -0.2) is 28.8 Å². The third-order valence-electron chi connectivity index (χ3n) is 1.89. The summed E-state index contributed by atoms with van der Waals surface area (Å²) in [5.41, 5.74) is 0.415. The predicted molar refractivity (Wildman–Crippen MR) is 64.4 cm³/mol. The van der Waals surface area contributed by atoms with E-state index < -0.39 is 0 Å². The molecule has 1 rings (SSSR count). The van der Waals surface area contributed by atoms with Gasteiger partial charge in [-0.05, 0) is 15.9 Å². The fourth-order valence-electron chi connectivity index (χ4n) is 1.07. The van der Waals surface area contributed by atoms with Crippen molar-refractivity contribution < 1.29 is 4.79 Å². The van der Waals surface area contributed by atoms with Gasteiger partial charge in [-0.2, -0.15) is 5.10 Å². The Kier molecular flexibility index (Phi) is 4.48. The van der Waals surface area contributed by atoms with Gasteiger partial charge in [0, 0.05) is 27.1 Å². The Hall–Kier alpha value is -1.37. The first-order valence-corrected chi connectivity index (χ1v) is 5.52. The Balaban J connectivity index is 2.58. The number of aromatic nitrogens is 2. The summed E-state index contributed by atoms with van der Waals surface area (Å²) < 4.78 is 1.68. The highest BCUT2D eigenvalue weighted by atomic mass is 79.9. The topological polar surface area (TPSA) is 76.0 Å². The number of halogens is 1. The number of hydrogen-bond acceptors (Lipinski definition) is 4. The zero-order chi connectivity index (χ0) is 12.1. The number of nitrogens with one attached hydrogen (secondary N) is 2. The molecule has 2 N–H and O–H groups in total. The second kappa shape index (κ2) is 5.64. The number of rotatable bonds is 4. The smallest absolute Gasteiger partial charge is 0.282 e. The molecule has 0 aliphatic carbocycles. The SMILES string of the molecule is CC(=O)NCCNc1cnn(C)c(=O)c1Br. The Morgan fingerprint density at radius 2 is 2.25 bits per heavy atom. The number of nitrogens with zero attached hydrogens (tertiary/aromatic N) is 2. The van der Waals surface area contributed by atoms with Crippen molar-refractivity contribution in [1.29, 1.82) is 0 Å². The maximum absolute atomic E-state index is 11.5. The molecule has 88 valence electrons. The minimum Gasteiger partial charge on any atom is -0.381 e. The first-order chi connectivity index (χ1) is 7.52. The number of carbonyl (C=O) groups is 1. The van der Waals surface area contributed by atoms with Crippen molar-refractivity contribution in [1.82, 2.24) is 15.1 Å². The summed E-state index contributed by atoms with van der Waals surface area (Å²) in [6.07, 6.45) is 1.55. The van der Waals surface area contributed by atoms with Crippen molar-refractivity contribution in [2.75, 3.05) is 18.4 Å². The van der Waals surface area contributed by atoms with E-state index in [4.69, 9.17) is 0 Å². The van der Waals surface area contributed by atoms with Crippen LogP contribution in [0, 0.1) is 0 Å².